The number of hydrogen-bond donors (Lipinski definition) is 2. The van der Waals surface area contributed by atoms with Gasteiger partial charge in [0.15, 0.2) is 0 Å². The summed E-state index contributed by atoms with van der Waals surface area (Å²) in [4.78, 5) is 10.9. The molecule has 0 amide bonds. The summed E-state index contributed by atoms with van der Waals surface area (Å²) in [5, 5.41) is 13.1. The first-order valence-electron chi connectivity index (χ1n) is 6.73. The van der Waals surface area contributed by atoms with Crippen molar-refractivity contribution < 1.29 is 14.3 Å². The highest BCUT2D eigenvalue weighted by atomic mass is 16.4. The molecule has 4 heteroatoms. The molecular weight excluding hydrogens is 266 g/mol. The minimum Gasteiger partial charge on any atom is -0.475 e. The van der Waals surface area contributed by atoms with E-state index in [2.05, 4.69) is 17.4 Å². The number of benzene rings is 2. The lowest BCUT2D eigenvalue weighted by Crippen LogP contribution is -2.12. The van der Waals surface area contributed by atoms with E-state index in [1.165, 1.54) is 5.56 Å². The molecule has 0 unspecified atom stereocenters. The van der Waals surface area contributed by atoms with Gasteiger partial charge in [-0.1, -0.05) is 36.4 Å². The number of aromatic carboxylic acids is 1. The first-order valence-corrected chi connectivity index (χ1v) is 6.73. The van der Waals surface area contributed by atoms with Crippen molar-refractivity contribution in [3.05, 3.63) is 71.5 Å². The molecule has 0 fully saturated rings. The Hall–Kier alpha value is -2.59. The summed E-state index contributed by atoms with van der Waals surface area (Å²) >= 11 is 0. The van der Waals surface area contributed by atoms with Crippen LogP contribution in [0.25, 0.3) is 11.0 Å². The Bertz CT molecular complexity index is 762. The fraction of sp³-hybridized carbons (Fsp3) is 0.118. The third-order valence-electron chi connectivity index (χ3n) is 3.29. The predicted molar refractivity (Wildman–Crippen MR) is 80.2 cm³/mol. The van der Waals surface area contributed by atoms with Crippen LogP contribution in [0.15, 0.2) is 59.0 Å². The van der Waals surface area contributed by atoms with Crippen LogP contribution in [0.1, 0.15) is 21.7 Å². The van der Waals surface area contributed by atoms with Gasteiger partial charge in [0.05, 0.1) is 0 Å². The first-order chi connectivity index (χ1) is 10.2. The van der Waals surface area contributed by atoms with Gasteiger partial charge in [0.1, 0.15) is 5.58 Å². The Balaban J connectivity index is 1.68. The fourth-order valence-electron chi connectivity index (χ4n) is 2.26. The summed E-state index contributed by atoms with van der Waals surface area (Å²) in [6.45, 7) is 1.52. The van der Waals surface area contributed by atoms with Crippen molar-refractivity contribution in [1.82, 2.24) is 5.32 Å². The van der Waals surface area contributed by atoms with E-state index >= 15 is 0 Å². The van der Waals surface area contributed by atoms with Crippen LogP contribution >= 0.6 is 0 Å². The molecular formula is C17H15NO3. The number of fused-ring (bicyclic) bond motifs is 1. The van der Waals surface area contributed by atoms with Crippen molar-refractivity contribution >= 4 is 16.9 Å². The lowest BCUT2D eigenvalue weighted by molar-refractivity contribution is 0.0665. The van der Waals surface area contributed by atoms with E-state index < -0.39 is 5.97 Å². The molecule has 3 rings (SSSR count). The second kappa shape index (κ2) is 5.81. The van der Waals surface area contributed by atoms with Gasteiger partial charge in [0.25, 0.3) is 0 Å². The highest BCUT2D eigenvalue weighted by Gasteiger charge is 2.10. The number of carbonyl (C=O) groups is 1. The monoisotopic (exact) mass is 281 g/mol. The molecule has 2 aromatic carbocycles. The van der Waals surface area contributed by atoms with E-state index in [0.29, 0.717) is 5.58 Å². The number of carboxylic acids is 1. The van der Waals surface area contributed by atoms with Gasteiger partial charge in [0, 0.05) is 18.5 Å². The van der Waals surface area contributed by atoms with Crippen LogP contribution in [0.5, 0.6) is 0 Å². The van der Waals surface area contributed by atoms with Crippen LogP contribution in [0.3, 0.4) is 0 Å². The Labute approximate surface area is 122 Å². The topological polar surface area (TPSA) is 62.5 Å². The Morgan fingerprint density at radius 2 is 1.76 bits per heavy atom. The molecule has 0 saturated heterocycles. The van der Waals surface area contributed by atoms with Gasteiger partial charge < -0.3 is 14.8 Å². The maximum atomic E-state index is 10.9. The summed E-state index contributed by atoms with van der Waals surface area (Å²) in [5.74, 6) is -1.07. The molecule has 0 saturated carbocycles. The van der Waals surface area contributed by atoms with Crippen LogP contribution in [-0.4, -0.2) is 11.1 Å². The standard InChI is InChI=1S/C17H15NO3/c19-17(20)16-9-14-8-13(6-7-15(14)21-16)11-18-10-12-4-2-1-3-5-12/h1-9,18H,10-11H2,(H,19,20). The molecule has 0 aliphatic rings. The van der Waals surface area contributed by atoms with Crippen LogP contribution in [0.2, 0.25) is 0 Å². The molecule has 0 spiro atoms. The van der Waals surface area contributed by atoms with Crippen molar-refractivity contribution in [1.29, 1.82) is 0 Å². The van der Waals surface area contributed by atoms with E-state index in [1.54, 1.807) is 12.1 Å². The molecule has 1 aromatic heterocycles. The predicted octanol–water partition coefficient (Wildman–Crippen LogP) is 3.42. The number of carboxylic acid groups (broad SMARTS) is 1. The van der Waals surface area contributed by atoms with Crippen molar-refractivity contribution in [3.8, 4) is 0 Å². The molecule has 106 valence electrons. The van der Waals surface area contributed by atoms with Gasteiger partial charge in [-0.25, -0.2) is 4.79 Å². The fourth-order valence-corrected chi connectivity index (χ4v) is 2.26. The maximum absolute atomic E-state index is 10.9. The van der Waals surface area contributed by atoms with Crippen LogP contribution in [0.4, 0.5) is 0 Å². The molecule has 0 aliphatic heterocycles. The van der Waals surface area contributed by atoms with Gasteiger partial charge in [-0.2, -0.15) is 0 Å². The zero-order valence-electron chi connectivity index (χ0n) is 11.4. The second-order valence-electron chi connectivity index (χ2n) is 4.88. The quantitative estimate of drug-likeness (QED) is 0.752. The Morgan fingerprint density at radius 3 is 2.52 bits per heavy atom. The average Bonchev–Trinajstić information content (AvgIpc) is 2.92. The summed E-state index contributed by atoms with van der Waals surface area (Å²) in [6.07, 6.45) is 0. The molecule has 0 aliphatic carbocycles. The molecule has 4 nitrogen and oxygen atoms in total. The highest BCUT2D eigenvalue weighted by molar-refractivity contribution is 5.91. The molecule has 2 N–H and O–H groups in total. The van der Waals surface area contributed by atoms with E-state index in [4.69, 9.17) is 9.52 Å². The smallest absolute Gasteiger partial charge is 0.371 e. The molecule has 3 aromatic rings. The third-order valence-corrected chi connectivity index (χ3v) is 3.29. The van der Waals surface area contributed by atoms with Gasteiger partial charge in [0.2, 0.25) is 5.76 Å². The molecule has 21 heavy (non-hydrogen) atoms. The van der Waals surface area contributed by atoms with E-state index in [-0.39, 0.29) is 5.76 Å². The van der Waals surface area contributed by atoms with Crippen molar-refractivity contribution in [3.63, 3.8) is 0 Å². The van der Waals surface area contributed by atoms with Crippen LogP contribution < -0.4 is 5.32 Å². The third kappa shape index (κ3) is 3.12. The number of hydrogen-bond acceptors (Lipinski definition) is 3. The van der Waals surface area contributed by atoms with Crippen molar-refractivity contribution in [2.24, 2.45) is 0 Å². The lowest BCUT2D eigenvalue weighted by atomic mass is 10.1. The van der Waals surface area contributed by atoms with Gasteiger partial charge in [-0.15, -0.1) is 0 Å². The summed E-state index contributed by atoms with van der Waals surface area (Å²) < 4.78 is 5.24. The zero-order chi connectivity index (χ0) is 14.7. The number of rotatable bonds is 5. The molecule has 0 radical (unpaired) electrons. The molecule has 1 heterocycles. The SMILES string of the molecule is O=C(O)c1cc2cc(CNCc3ccccc3)ccc2o1. The summed E-state index contributed by atoms with van der Waals surface area (Å²) in [6, 6.07) is 17.4. The molecule has 0 atom stereocenters. The average molecular weight is 281 g/mol. The molecule has 0 bridgehead atoms. The highest BCUT2D eigenvalue weighted by Crippen LogP contribution is 2.20. The number of furan rings is 1. The second-order valence-corrected chi connectivity index (χ2v) is 4.88. The first kappa shape index (κ1) is 13.4. The van der Waals surface area contributed by atoms with E-state index in [1.807, 2.05) is 30.3 Å². The summed E-state index contributed by atoms with van der Waals surface area (Å²) in [7, 11) is 0. The van der Waals surface area contributed by atoms with Gasteiger partial charge in [-0.3, -0.25) is 0 Å². The largest absolute Gasteiger partial charge is 0.475 e. The van der Waals surface area contributed by atoms with Gasteiger partial charge in [-0.05, 0) is 29.3 Å². The van der Waals surface area contributed by atoms with Crippen LogP contribution in [-0.2, 0) is 13.1 Å². The Morgan fingerprint density at radius 1 is 1.00 bits per heavy atom. The van der Waals surface area contributed by atoms with Crippen LogP contribution in [0, 0.1) is 0 Å². The maximum Gasteiger partial charge on any atom is 0.371 e. The lowest BCUT2D eigenvalue weighted by Gasteiger charge is -2.05. The van der Waals surface area contributed by atoms with Crippen molar-refractivity contribution in [2.45, 2.75) is 13.1 Å². The number of nitrogens with one attached hydrogen (secondary N) is 1. The van der Waals surface area contributed by atoms with E-state index in [0.717, 1.165) is 24.0 Å². The van der Waals surface area contributed by atoms with E-state index in [9.17, 15) is 4.79 Å². The minimum absolute atomic E-state index is 0.0283. The Kier molecular flexibility index (Phi) is 3.71. The van der Waals surface area contributed by atoms with Gasteiger partial charge >= 0.3 is 5.97 Å². The minimum atomic E-state index is -1.05. The normalized spacial score (nSPS) is 10.9. The summed E-state index contributed by atoms with van der Waals surface area (Å²) in [5.41, 5.74) is 2.92. The van der Waals surface area contributed by atoms with Crippen molar-refractivity contribution in [2.75, 3.05) is 0 Å². The zero-order valence-corrected chi connectivity index (χ0v) is 11.4.